The fraction of sp³-hybridized carbons (Fsp3) is 0.188. The van der Waals surface area contributed by atoms with Gasteiger partial charge in [-0.05, 0) is 30.2 Å². The van der Waals surface area contributed by atoms with Crippen molar-refractivity contribution in [2.45, 2.75) is 11.3 Å². The second-order valence-electron chi connectivity index (χ2n) is 5.16. The number of ether oxygens (including phenoxy) is 1. The van der Waals surface area contributed by atoms with Gasteiger partial charge in [0.1, 0.15) is 5.75 Å². The molecule has 2 aromatic rings. The molecule has 0 saturated heterocycles. The molecule has 0 radical (unpaired) electrons. The summed E-state index contributed by atoms with van der Waals surface area (Å²) >= 11 is 0. The molecule has 132 valence electrons. The average molecular weight is 363 g/mol. The molecule has 25 heavy (non-hydrogen) atoms. The molecule has 2 N–H and O–H groups in total. The Labute approximate surface area is 145 Å². The Morgan fingerprint density at radius 2 is 1.92 bits per heavy atom. The molecule has 0 unspecified atom stereocenters. The second kappa shape index (κ2) is 7.86. The first-order valence-corrected chi connectivity index (χ1v) is 8.80. The lowest BCUT2D eigenvalue weighted by Crippen LogP contribution is -2.11. The maximum absolute atomic E-state index is 11.2. The van der Waals surface area contributed by atoms with Crippen molar-refractivity contribution in [1.29, 1.82) is 0 Å². The maximum Gasteiger partial charge on any atom is 0.273 e. The number of hydrogen-bond donors (Lipinski definition) is 1. The van der Waals surface area contributed by atoms with Crippen LogP contribution in [0.2, 0.25) is 0 Å². The van der Waals surface area contributed by atoms with Gasteiger partial charge in [-0.2, -0.15) is 0 Å². The lowest BCUT2D eigenvalue weighted by atomic mass is 10.1. The summed E-state index contributed by atoms with van der Waals surface area (Å²) in [7, 11) is -2.26. The van der Waals surface area contributed by atoms with Crippen LogP contribution in [-0.2, 0) is 16.4 Å². The molecule has 2 aromatic carbocycles. The van der Waals surface area contributed by atoms with E-state index in [2.05, 4.69) is 4.99 Å². The average Bonchev–Trinajstić information content (AvgIpc) is 2.58. The van der Waals surface area contributed by atoms with E-state index in [4.69, 9.17) is 9.88 Å². The quantitative estimate of drug-likeness (QED) is 0.457. The Morgan fingerprint density at radius 3 is 2.48 bits per heavy atom. The van der Waals surface area contributed by atoms with Gasteiger partial charge in [0.2, 0.25) is 10.0 Å². The molecule has 0 fully saturated rings. The van der Waals surface area contributed by atoms with Crippen LogP contribution in [0.5, 0.6) is 5.75 Å². The lowest BCUT2D eigenvalue weighted by molar-refractivity contribution is -0.384. The van der Waals surface area contributed by atoms with Gasteiger partial charge in [0, 0.05) is 24.4 Å². The lowest BCUT2D eigenvalue weighted by Gasteiger charge is -2.04. The Balaban J connectivity index is 2.01. The molecular weight excluding hydrogens is 346 g/mol. The SMILES string of the molecule is COc1cc([N+](=O)[O-])ccc1C=NCCc1ccc(S(N)(=O)=O)cc1. The molecule has 0 spiro atoms. The van der Waals surface area contributed by atoms with Gasteiger partial charge in [-0.3, -0.25) is 15.1 Å². The molecule has 9 heteroatoms. The standard InChI is InChI=1S/C16H17N3O5S/c1-24-16-10-14(19(20)21)5-4-13(16)11-18-9-8-12-2-6-15(7-3-12)25(17,22)23/h2-7,10-11H,8-9H2,1H3,(H2,17,22,23). The number of sulfonamides is 1. The first-order valence-electron chi connectivity index (χ1n) is 7.25. The molecule has 8 nitrogen and oxygen atoms in total. The minimum absolute atomic E-state index is 0.0519. The van der Waals surface area contributed by atoms with Gasteiger partial charge in [0.25, 0.3) is 5.69 Å². The van der Waals surface area contributed by atoms with E-state index in [1.165, 1.54) is 31.4 Å². The number of nitrogens with two attached hydrogens (primary N) is 1. The number of hydrogen-bond acceptors (Lipinski definition) is 6. The van der Waals surface area contributed by atoms with Crippen LogP contribution in [0.15, 0.2) is 52.4 Å². The zero-order chi connectivity index (χ0) is 18.4. The van der Waals surface area contributed by atoms with E-state index < -0.39 is 14.9 Å². The Bertz CT molecular complexity index is 892. The largest absolute Gasteiger partial charge is 0.496 e. The van der Waals surface area contributed by atoms with Crippen molar-refractivity contribution in [3.05, 3.63) is 63.7 Å². The third kappa shape index (κ3) is 5.10. The van der Waals surface area contributed by atoms with E-state index in [-0.39, 0.29) is 10.6 Å². The van der Waals surface area contributed by atoms with Crippen molar-refractivity contribution >= 4 is 21.9 Å². The summed E-state index contributed by atoms with van der Waals surface area (Å²) in [6, 6.07) is 10.6. The number of nitro benzene ring substituents is 1. The molecule has 0 saturated carbocycles. The molecule has 0 heterocycles. The number of methoxy groups -OCH3 is 1. The topological polar surface area (TPSA) is 125 Å². The zero-order valence-electron chi connectivity index (χ0n) is 13.5. The van der Waals surface area contributed by atoms with Gasteiger partial charge in [-0.15, -0.1) is 0 Å². The number of aliphatic imine (C=N–C) groups is 1. The third-order valence-corrected chi connectivity index (χ3v) is 4.37. The summed E-state index contributed by atoms with van der Waals surface area (Å²) in [6.07, 6.45) is 2.19. The number of primary sulfonamides is 1. The van der Waals surface area contributed by atoms with Crippen LogP contribution in [0.25, 0.3) is 0 Å². The summed E-state index contributed by atoms with van der Waals surface area (Å²) in [5, 5.41) is 15.8. The molecular formula is C16H17N3O5S. The van der Waals surface area contributed by atoms with Crippen LogP contribution in [0, 0.1) is 10.1 Å². The molecule has 0 aliphatic carbocycles. The Morgan fingerprint density at radius 1 is 1.24 bits per heavy atom. The number of nitrogens with zero attached hydrogens (tertiary/aromatic N) is 2. The van der Waals surface area contributed by atoms with Gasteiger partial charge in [0.05, 0.1) is 23.0 Å². The van der Waals surface area contributed by atoms with Crippen LogP contribution >= 0.6 is 0 Å². The monoisotopic (exact) mass is 363 g/mol. The highest BCUT2D eigenvalue weighted by atomic mass is 32.2. The van der Waals surface area contributed by atoms with E-state index in [0.29, 0.717) is 24.3 Å². The number of nitro groups is 1. The molecule has 0 aromatic heterocycles. The molecule has 0 atom stereocenters. The van der Waals surface area contributed by atoms with Gasteiger partial charge in [-0.1, -0.05) is 12.1 Å². The summed E-state index contributed by atoms with van der Waals surface area (Å²) in [5.41, 5.74) is 1.50. The van der Waals surface area contributed by atoms with E-state index in [0.717, 1.165) is 5.56 Å². The highest BCUT2D eigenvalue weighted by Crippen LogP contribution is 2.23. The fourth-order valence-corrected chi connectivity index (χ4v) is 2.64. The molecule has 0 aliphatic heterocycles. The predicted molar refractivity (Wildman–Crippen MR) is 93.6 cm³/mol. The van der Waals surface area contributed by atoms with Crippen LogP contribution < -0.4 is 9.88 Å². The first-order chi connectivity index (χ1) is 11.8. The van der Waals surface area contributed by atoms with Crippen molar-refractivity contribution in [2.75, 3.05) is 13.7 Å². The molecule has 0 bridgehead atoms. The normalized spacial score (nSPS) is 11.6. The summed E-state index contributed by atoms with van der Waals surface area (Å²) in [6.45, 7) is 0.467. The van der Waals surface area contributed by atoms with Gasteiger partial charge < -0.3 is 4.74 Å². The van der Waals surface area contributed by atoms with Crippen LogP contribution in [0.4, 0.5) is 5.69 Å². The maximum atomic E-state index is 11.2. The number of rotatable bonds is 7. The fourth-order valence-electron chi connectivity index (χ4n) is 2.12. The summed E-state index contributed by atoms with van der Waals surface area (Å²) in [5.74, 6) is 0.371. The van der Waals surface area contributed by atoms with E-state index in [1.807, 2.05) is 0 Å². The zero-order valence-corrected chi connectivity index (χ0v) is 14.3. The predicted octanol–water partition coefficient (Wildman–Crippen LogP) is 1.91. The van der Waals surface area contributed by atoms with Gasteiger partial charge >= 0.3 is 0 Å². The number of benzene rings is 2. The Kier molecular flexibility index (Phi) is 5.84. The van der Waals surface area contributed by atoms with Crippen molar-refractivity contribution in [3.63, 3.8) is 0 Å². The smallest absolute Gasteiger partial charge is 0.273 e. The molecule has 2 rings (SSSR count). The van der Waals surface area contributed by atoms with E-state index >= 15 is 0 Å². The van der Waals surface area contributed by atoms with Gasteiger partial charge in [-0.25, -0.2) is 13.6 Å². The first kappa shape index (κ1) is 18.6. The van der Waals surface area contributed by atoms with Crippen molar-refractivity contribution < 1.29 is 18.1 Å². The van der Waals surface area contributed by atoms with Crippen LogP contribution in [0.3, 0.4) is 0 Å². The summed E-state index contributed by atoms with van der Waals surface area (Å²) < 4.78 is 27.5. The van der Waals surface area contributed by atoms with Gasteiger partial charge in [0.15, 0.2) is 0 Å². The second-order valence-corrected chi connectivity index (χ2v) is 6.72. The summed E-state index contributed by atoms with van der Waals surface area (Å²) in [4.78, 5) is 14.6. The van der Waals surface area contributed by atoms with Crippen LogP contribution in [0.1, 0.15) is 11.1 Å². The third-order valence-electron chi connectivity index (χ3n) is 3.44. The van der Waals surface area contributed by atoms with E-state index in [1.54, 1.807) is 24.4 Å². The van der Waals surface area contributed by atoms with Crippen molar-refractivity contribution in [1.82, 2.24) is 0 Å². The molecule has 0 aliphatic rings. The minimum Gasteiger partial charge on any atom is -0.496 e. The molecule has 0 amide bonds. The van der Waals surface area contributed by atoms with Crippen molar-refractivity contribution in [3.8, 4) is 5.75 Å². The van der Waals surface area contributed by atoms with E-state index in [9.17, 15) is 18.5 Å². The number of non-ortho nitro benzene ring substituents is 1. The minimum atomic E-state index is -3.69. The Hall–Kier alpha value is -2.78. The highest BCUT2D eigenvalue weighted by Gasteiger charge is 2.10. The highest BCUT2D eigenvalue weighted by molar-refractivity contribution is 7.89. The van der Waals surface area contributed by atoms with Crippen molar-refractivity contribution in [2.24, 2.45) is 10.1 Å². The van der Waals surface area contributed by atoms with Crippen LogP contribution in [-0.4, -0.2) is 33.2 Å².